The van der Waals surface area contributed by atoms with Crippen LogP contribution in [0.3, 0.4) is 0 Å². The Labute approximate surface area is 104 Å². The Morgan fingerprint density at radius 1 is 1.44 bits per heavy atom. The summed E-state index contributed by atoms with van der Waals surface area (Å²) in [4.78, 5) is 14.5. The largest absolute Gasteiger partial charge is 0.461 e. The zero-order chi connectivity index (χ0) is 13.0. The van der Waals surface area contributed by atoms with Crippen molar-refractivity contribution in [3.8, 4) is 17.9 Å². The van der Waals surface area contributed by atoms with Crippen molar-refractivity contribution in [3.63, 3.8) is 0 Å². The second-order valence-electron chi connectivity index (χ2n) is 3.57. The van der Waals surface area contributed by atoms with Crippen molar-refractivity contribution < 1.29 is 9.53 Å². The van der Waals surface area contributed by atoms with Crippen LogP contribution >= 0.6 is 0 Å². The molecule has 0 atom stereocenters. The summed E-state index contributed by atoms with van der Waals surface area (Å²) in [5.74, 6) is 4.66. The smallest absolute Gasteiger partial charge is 0.354 e. The van der Waals surface area contributed by atoms with Crippen molar-refractivity contribution in [2.24, 2.45) is 0 Å². The van der Waals surface area contributed by atoms with Crippen molar-refractivity contribution in [2.45, 2.75) is 6.92 Å². The highest BCUT2D eigenvalue weighted by atomic mass is 16.5. The number of nitriles is 1. The lowest BCUT2D eigenvalue weighted by molar-refractivity contribution is 0.0520. The van der Waals surface area contributed by atoms with Crippen LogP contribution in [0.15, 0.2) is 24.3 Å². The Morgan fingerprint density at radius 2 is 2.28 bits per heavy atom. The van der Waals surface area contributed by atoms with Crippen LogP contribution < -0.4 is 0 Å². The molecule has 0 aliphatic rings. The van der Waals surface area contributed by atoms with E-state index in [2.05, 4.69) is 16.8 Å². The Balaban J connectivity index is 2.40. The van der Waals surface area contributed by atoms with Crippen LogP contribution in [-0.2, 0) is 4.74 Å². The molecule has 1 N–H and O–H groups in total. The van der Waals surface area contributed by atoms with Crippen molar-refractivity contribution in [2.75, 3.05) is 6.61 Å². The molecule has 0 amide bonds. The minimum absolute atomic E-state index is 0.340. The van der Waals surface area contributed by atoms with Gasteiger partial charge in [-0.3, -0.25) is 0 Å². The molecule has 0 saturated carbocycles. The molecule has 0 radical (unpaired) electrons. The molecular formula is C14H10N2O2. The van der Waals surface area contributed by atoms with E-state index >= 15 is 0 Å². The van der Waals surface area contributed by atoms with Gasteiger partial charge in [-0.25, -0.2) is 4.79 Å². The fourth-order valence-electron chi connectivity index (χ4n) is 1.62. The van der Waals surface area contributed by atoms with Gasteiger partial charge in [-0.15, -0.1) is 0 Å². The molecule has 1 aromatic heterocycles. The van der Waals surface area contributed by atoms with E-state index in [1.54, 1.807) is 31.2 Å². The minimum atomic E-state index is -0.377. The SMILES string of the molecule is CCOC(=O)c1cc2ccc(C#CC#N)cc2[nH]1. The van der Waals surface area contributed by atoms with Gasteiger partial charge in [0, 0.05) is 22.4 Å². The van der Waals surface area contributed by atoms with Crippen LogP contribution in [-0.4, -0.2) is 17.6 Å². The van der Waals surface area contributed by atoms with E-state index in [4.69, 9.17) is 10.00 Å². The molecule has 0 bridgehead atoms. The fourth-order valence-corrected chi connectivity index (χ4v) is 1.62. The number of carbonyl (C=O) groups excluding carboxylic acids is 1. The topological polar surface area (TPSA) is 65.9 Å². The molecule has 88 valence electrons. The summed E-state index contributed by atoms with van der Waals surface area (Å²) in [5, 5.41) is 9.29. The van der Waals surface area contributed by atoms with Gasteiger partial charge >= 0.3 is 5.97 Å². The number of hydrogen-bond donors (Lipinski definition) is 1. The van der Waals surface area contributed by atoms with Crippen LogP contribution in [0.25, 0.3) is 10.9 Å². The maximum atomic E-state index is 11.5. The summed E-state index contributed by atoms with van der Waals surface area (Å²) in [6.07, 6.45) is 0. The minimum Gasteiger partial charge on any atom is -0.461 e. The number of carbonyl (C=O) groups is 1. The Kier molecular flexibility index (Phi) is 3.31. The van der Waals surface area contributed by atoms with Gasteiger partial charge in [0.2, 0.25) is 0 Å². The highest BCUT2D eigenvalue weighted by Crippen LogP contribution is 2.17. The molecule has 1 heterocycles. The molecule has 18 heavy (non-hydrogen) atoms. The molecule has 0 fully saturated rings. The molecule has 4 heteroatoms. The molecule has 0 aliphatic carbocycles. The lowest BCUT2D eigenvalue weighted by Crippen LogP contribution is -2.04. The van der Waals surface area contributed by atoms with Crippen molar-refractivity contribution in [1.29, 1.82) is 5.26 Å². The van der Waals surface area contributed by atoms with Gasteiger partial charge < -0.3 is 9.72 Å². The molecule has 4 nitrogen and oxygen atoms in total. The lowest BCUT2D eigenvalue weighted by atomic mass is 10.2. The number of esters is 1. The number of benzene rings is 1. The number of aromatic nitrogens is 1. The van der Waals surface area contributed by atoms with Crippen molar-refractivity contribution in [3.05, 3.63) is 35.5 Å². The van der Waals surface area contributed by atoms with E-state index in [-0.39, 0.29) is 5.97 Å². The Hall–Kier alpha value is -2.72. The highest BCUT2D eigenvalue weighted by Gasteiger charge is 2.09. The van der Waals surface area contributed by atoms with Gasteiger partial charge in [-0.2, -0.15) is 5.26 Å². The lowest BCUT2D eigenvalue weighted by Gasteiger charge is -1.96. The predicted molar refractivity (Wildman–Crippen MR) is 66.7 cm³/mol. The summed E-state index contributed by atoms with van der Waals surface area (Å²) in [6, 6.07) is 8.93. The quantitative estimate of drug-likeness (QED) is 0.644. The second-order valence-corrected chi connectivity index (χ2v) is 3.57. The molecule has 1 aromatic carbocycles. The predicted octanol–water partition coefficient (Wildman–Crippen LogP) is 2.22. The zero-order valence-electron chi connectivity index (χ0n) is 9.78. The molecular weight excluding hydrogens is 228 g/mol. The summed E-state index contributed by atoms with van der Waals surface area (Å²) < 4.78 is 4.91. The number of nitrogens with one attached hydrogen (secondary N) is 1. The number of aromatic amines is 1. The number of nitrogens with zero attached hydrogens (tertiary/aromatic N) is 1. The monoisotopic (exact) mass is 238 g/mol. The zero-order valence-corrected chi connectivity index (χ0v) is 9.78. The summed E-state index contributed by atoms with van der Waals surface area (Å²) in [7, 11) is 0. The normalized spacial score (nSPS) is 9.33. The maximum absolute atomic E-state index is 11.5. The number of rotatable bonds is 2. The first-order valence-electron chi connectivity index (χ1n) is 5.44. The fraction of sp³-hybridized carbons (Fsp3) is 0.143. The first-order valence-corrected chi connectivity index (χ1v) is 5.44. The third-order valence-corrected chi connectivity index (χ3v) is 2.38. The van der Waals surface area contributed by atoms with E-state index in [9.17, 15) is 4.79 Å². The second kappa shape index (κ2) is 5.07. The van der Waals surface area contributed by atoms with Crippen LogP contribution in [0.5, 0.6) is 0 Å². The molecule has 0 spiro atoms. The number of ether oxygens (including phenoxy) is 1. The van der Waals surface area contributed by atoms with E-state index in [0.717, 1.165) is 16.5 Å². The molecule has 2 aromatic rings. The first kappa shape index (κ1) is 11.8. The van der Waals surface area contributed by atoms with Crippen molar-refractivity contribution >= 4 is 16.9 Å². The maximum Gasteiger partial charge on any atom is 0.354 e. The van der Waals surface area contributed by atoms with Gasteiger partial charge in [-0.05, 0) is 25.1 Å². The van der Waals surface area contributed by atoms with Gasteiger partial charge in [0.05, 0.1) is 6.61 Å². The average molecular weight is 238 g/mol. The van der Waals surface area contributed by atoms with Crippen LogP contribution in [0.1, 0.15) is 23.0 Å². The summed E-state index contributed by atoms with van der Waals surface area (Å²) in [6.45, 7) is 2.10. The first-order chi connectivity index (χ1) is 8.74. The summed E-state index contributed by atoms with van der Waals surface area (Å²) >= 11 is 0. The molecule has 2 rings (SSSR count). The van der Waals surface area contributed by atoms with Crippen LogP contribution in [0.2, 0.25) is 0 Å². The van der Waals surface area contributed by atoms with Gasteiger partial charge in [-0.1, -0.05) is 12.0 Å². The standard InChI is InChI=1S/C14H10N2O2/c1-2-18-14(17)13-9-11-6-5-10(4-3-7-15)8-12(11)16-13/h5-6,8-9,16H,2H2,1H3. The van der Waals surface area contributed by atoms with E-state index in [1.165, 1.54) is 0 Å². The van der Waals surface area contributed by atoms with E-state index in [1.807, 2.05) is 6.07 Å². The molecule has 0 saturated heterocycles. The third kappa shape index (κ3) is 2.34. The average Bonchev–Trinajstić information content (AvgIpc) is 2.79. The van der Waals surface area contributed by atoms with E-state index < -0.39 is 0 Å². The molecule has 0 aliphatic heterocycles. The Morgan fingerprint density at radius 3 is 3.00 bits per heavy atom. The molecule has 0 unspecified atom stereocenters. The van der Waals surface area contributed by atoms with Crippen molar-refractivity contribution in [1.82, 2.24) is 4.98 Å². The number of hydrogen-bond acceptors (Lipinski definition) is 3. The van der Waals surface area contributed by atoms with Crippen LogP contribution in [0.4, 0.5) is 0 Å². The van der Waals surface area contributed by atoms with Gasteiger partial charge in [0.1, 0.15) is 5.69 Å². The number of fused-ring (bicyclic) bond motifs is 1. The van der Waals surface area contributed by atoms with Crippen LogP contribution in [0, 0.1) is 23.2 Å². The van der Waals surface area contributed by atoms with Gasteiger partial charge in [0.15, 0.2) is 6.07 Å². The van der Waals surface area contributed by atoms with Gasteiger partial charge in [0.25, 0.3) is 0 Å². The third-order valence-electron chi connectivity index (χ3n) is 2.38. The summed E-state index contributed by atoms with van der Waals surface area (Å²) in [5.41, 5.74) is 1.93. The van der Waals surface area contributed by atoms with E-state index in [0.29, 0.717) is 12.3 Å². The highest BCUT2D eigenvalue weighted by molar-refractivity contribution is 5.95. The number of H-pyrrole nitrogens is 1. The Bertz CT molecular complexity index is 696.